The molecule has 4 heteroatoms. The zero-order valence-electron chi connectivity index (χ0n) is 10.3. The van der Waals surface area contributed by atoms with Gasteiger partial charge in [0.05, 0.1) is 6.10 Å². The maximum Gasteiger partial charge on any atom is 0.220 e. The zero-order valence-corrected chi connectivity index (χ0v) is 10.3. The highest BCUT2D eigenvalue weighted by molar-refractivity contribution is 5.75. The number of rotatable bonds is 7. The van der Waals surface area contributed by atoms with Crippen LogP contribution in [0.5, 0.6) is 0 Å². The molecule has 1 atom stereocenters. The molecule has 1 fully saturated rings. The minimum absolute atomic E-state index is 0.158. The van der Waals surface area contributed by atoms with E-state index in [0.29, 0.717) is 12.5 Å². The van der Waals surface area contributed by atoms with Gasteiger partial charge < -0.3 is 15.4 Å². The molecular weight excluding hydrogens is 204 g/mol. The minimum atomic E-state index is 0.158. The number of hydrogen-bond acceptors (Lipinski definition) is 3. The Bertz CT molecular complexity index is 191. The van der Waals surface area contributed by atoms with Crippen molar-refractivity contribution in [2.75, 3.05) is 26.7 Å². The second-order valence-electron chi connectivity index (χ2n) is 4.33. The van der Waals surface area contributed by atoms with Gasteiger partial charge in [-0.1, -0.05) is 0 Å². The summed E-state index contributed by atoms with van der Waals surface area (Å²) in [6, 6.07) is 0. The Morgan fingerprint density at radius 3 is 2.94 bits per heavy atom. The van der Waals surface area contributed by atoms with Crippen molar-refractivity contribution >= 4 is 5.91 Å². The van der Waals surface area contributed by atoms with Crippen LogP contribution in [-0.2, 0) is 9.53 Å². The van der Waals surface area contributed by atoms with Gasteiger partial charge in [0.25, 0.3) is 0 Å². The summed E-state index contributed by atoms with van der Waals surface area (Å²) in [6.07, 6.45) is 6.31. The van der Waals surface area contributed by atoms with Crippen LogP contribution >= 0.6 is 0 Å². The Morgan fingerprint density at radius 2 is 2.25 bits per heavy atom. The smallest absolute Gasteiger partial charge is 0.220 e. The van der Waals surface area contributed by atoms with Crippen molar-refractivity contribution in [2.45, 2.75) is 44.6 Å². The fraction of sp³-hybridized carbons (Fsp3) is 0.917. The number of ether oxygens (including phenoxy) is 1. The molecule has 0 saturated carbocycles. The first-order valence-electron chi connectivity index (χ1n) is 6.36. The Labute approximate surface area is 98.1 Å². The Morgan fingerprint density at radius 1 is 1.38 bits per heavy atom. The second-order valence-corrected chi connectivity index (χ2v) is 4.33. The molecule has 1 saturated heterocycles. The van der Waals surface area contributed by atoms with Gasteiger partial charge in [-0.3, -0.25) is 4.79 Å². The highest BCUT2D eigenvalue weighted by atomic mass is 16.5. The molecule has 1 aliphatic rings. The van der Waals surface area contributed by atoms with Gasteiger partial charge in [0.1, 0.15) is 0 Å². The monoisotopic (exact) mass is 228 g/mol. The average molecular weight is 228 g/mol. The van der Waals surface area contributed by atoms with Crippen LogP contribution in [-0.4, -0.2) is 38.8 Å². The van der Waals surface area contributed by atoms with Gasteiger partial charge in [-0.2, -0.15) is 0 Å². The Balaban J connectivity index is 1.96. The predicted octanol–water partition coefficient (Wildman–Crippen LogP) is 1.06. The molecule has 1 amide bonds. The van der Waals surface area contributed by atoms with Crippen molar-refractivity contribution in [3.8, 4) is 0 Å². The van der Waals surface area contributed by atoms with E-state index in [4.69, 9.17) is 4.74 Å². The lowest BCUT2D eigenvalue weighted by atomic mass is 10.0. The lowest BCUT2D eigenvalue weighted by Gasteiger charge is -2.22. The summed E-state index contributed by atoms with van der Waals surface area (Å²) in [5.41, 5.74) is 0. The summed E-state index contributed by atoms with van der Waals surface area (Å²) >= 11 is 0. The van der Waals surface area contributed by atoms with Crippen molar-refractivity contribution in [3.63, 3.8) is 0 Å². The minimum Gasteiger partial charge on any atom is -0.378 e. The standard InChI is InChI=1S/C12H24N2O2/c1-13-8-4-9-14-12(15)7-6-11-5-2-3-10-16-11/h11,13H,2-10H2,1H3,(H,14,15). The first-order valence-corrected chi connectivity index (χ1v) is 6.36. The van der Waals surface area contributed by atoms with Crippen LogP contribution in [0.1, 0.15) is 38.5 Å². The fourth-order valence-corrected chi connectivity index (χ4v) is 1.91. The van der Waals surface area contributed by atoms with Crippen molar-refractivity contribution in [1.29, 1.82) is 0 Å². The highest BCUT2D eigenvalue weighted by Crippen LogP contribution is 2.16. The van der Waals surface area contributed by atoms with E-state index < -0.39 is 0 Å². The summed E-state index contributed by atoms with van der Waals surface area (Å²) < 4.78 is 5.58. The van der Waals surface area contributed by atoms with E-state index in [-0.39, 0.29) is 5.91 Å². The third-order valence-electron chi connectivity index (χ3n) is 2.89. The maximum atomic E-state index is 11.5. The first kappa shape index (κ1) is 13.5. The van der Waals surface area contributed by atoms with Crippen molar-refractivity contribution < 1.29 is 9.53 Å². The Kier molecular flexibility index (Phi) is 7.17. The average Bonchev–Trinajstić information content (AvgIpc) is 2.33. The lowest BCUT2D eigenvalue weighted by Crippen LogP contribution is -2.28. The van der Waals surface area contributed by atoms with Crippen LogP contribution in [0.2, 0.25) is 0 Å². The molecule has 0 radical (unpaired) electrons. The molecule has 16 heavy (non-hydrogen) atoms. The van der Waals surface area contributed by atoms with E-state index in [1.165, 1.54) is 12.8 Å². The number of amides is 1. The summed E-state index contributed by atoms with van der Waals surface area (Å²) in [4.78, 5) is 11.5. The van der Waals surface area contributed by atoms with E-state index in [9.17, 15) is 4.79 Å². The van der Waals surface area contributed by atoms with Crippen molar-refractivity contribution in [1.82, 2.24) is 10.6 Å². The fourth-order valence-electron chi connectivity index (χ4n) is 1.91. The van der Waals surface area contributed by atoms with Gasteiger partial charge in [0.15, 0.2) is 0 Å². The molecule has 0 bridgehead atoms. The zero-order chi connectivity index (χ0) is 11.6. The molecular formula is C12H24N2O2. The first-order chi connectivity index (χ1) is 7.83. The summed E-state index contributed by atoms with van der Waals surface area (Å²) in [6.45, 7) is 2.59. The van der Waals surface area contributed by atoms with Crippen LogP contribution in [0.15, 0.2) is 0 Å². The molecule has 0 aliphatic carbocycles. The van der Waals surface area contributed by atoms with Gasteiger partial charge in [0.2, 0.25) is 5.91 Å². The van der Waals surface area contributed by atoms with E-state index in [0.717, 1.165) is 39.0 Å². The molecule has 1 aliphatic heterocycles. The van der Waals surface area contributed by atoms with Gasteiger partial charge in [-0.15, -0.1) is 0 Å². The lowest BCUT2D eigenvalue weighted by molar-refractivity contribution is -0.122. The number of carbonyl (C=O) groups is 1. The normalized spacial score (nSPS) is 20.7. The third-order valence-corrected chi connectivity index (χ3v) is 2.89. The van der Waals surface area contributed by atoms with E-state index in [1.807, 2.05) is 7.05 Å². The Hall–Kier alpha value is -0.610. The maximum absolute atomic E-state index is 11.5. The van der Waals surface area contributed by atoms with Crippen molar-refractivity contribution in [3.05, 3.63) is 0 Å². The van der Waals surface area contributed by atoms with Crippen LogP contribution in [0.3, 0.4) is 0 Å². The molecule has 1 heterocycles. The van der Waals surface area contributed by atoms with Gasteiger partial charge in [-0.05, 0) is 45.7 Å². The van der Waals surface area contributed by atoms with E-state index >= 15 is 0 Å². The molecule has 94 valence electrons. The van der Waals surface area contributed by atoms with Crippen LogP contribution in [0, 0.1) is 0 Å². The summed E-state index contributed by atoms with van der Waals surface area (Å²) in [7, 11) is 1.92. The van der Waals surface area contributed by atoms with Crippen molar-refractivity contribution in [2.24, 2.45) is 0 Å². The molecule has 0 spiro atoms. The summed E-state index contributed by atoms with van der Waals surface area (Å²) in [5, 5.41) is 5.98. The number of carbonyl (C=O) groups excluding carboxylic acids is 1. The van der Waals surface area contributed by atoms with E-state index in [2.05, 4.69) is 10.6 Å². The van der Waals surface area contributed by atoms with Crippen LogP contribution in [0.25, 0.3) is 0 Å². The molecule has 0 aromatic heterocycles. The highest BCUT2D eigenvalue weighted by Gasteiger charge is 2.14. The van der Waals surface area contributed by atoms with Crippen LogP contribution in [0.4, 0.5) is 0 Å². The van der Waals surface area contributed by atoms with Gasteiger partial charge in [0, 0.05) is 19.6 Å². The topological polar surface area (TPSA) is 50.4 Å². The molecule has 0 aromatic rings. The van der Waals surface area contributed by atoms with E-state index in [1.54, 1.807) is 0 Å². The van der Waals surface area contributed by atoms with Gasteiger partial charge in [-0.25, -0.2) is 0 Å². The molecule has 2 N–H and O–H groups in total. The van der Waals surface area contributed by atoms with Gasteiger partial charge >= 0.3 is 0 Å². The summed E-state index contributed by atoms with van der Waals surface area (Å²) in [5.74, 6) is 0.158. The molecule has 1 unspecified atom stereocenters. The number of hydrogen-bond donors (Lipinski definition) is 2. The SMILES string of the molecule is CNCCCNC(=O)CCC1CCCCO1. The molecule has 0 aromatic carbocycles. The predicted molar refractivity (Wildman–Crippen MR) is 64.4 cm³/mol. The number of nitrogens with one attached hydrogen (secondary N) is 2. The third kappa shape index (κ3) is 6.08. The van der Waals surface area contributed by atoms with Crippen LogP contribution < -0.4 is 10.6 Å². The molecule has 1 rings (SSSR count). The second kappa shape index (κ2) is 8.53. The largest absolute Gasteiger partial charge is 0.378 e. The molecule has 4 nitrogen and oxygen atoms in total. The quantitative estimate of drug-likeness (QED) is 0.641.